The summed E-state index contributed by atoms with van der Waals surface area (Å²) in [5.74, 6) is -0.410. The fourth-order valence-electron chi connectivity index (χ4n) is 2.30. The molecule has 0 saturated carbocycles. The highest BCUT2D eigenvalue weighted by atomic mass is 32.1. The first-order valence-corrected chi connectivity index (χ1v) is 7.52. The van der Waals surface area contributed by atoms with Gasteiger partial charge in [-0.3, -0.25) is 9.59 Å². The number of anilines is 1. The van der Waals surface area contributed by atoms with Crippen LogP contribution in [0.3, 0.4) is 0 Å². The number of likely N-dealkylation sites (tertiary alicyclic amines) is 1. The van der Waals surface area contributed by atoms with E-state index in [-0.39, 0.29) is 24.2 Å². The van der Waals surface area contributed by atoms with Gasteiger partial charge in [-0.05, 0) is 13.3 Å². The summed E-state index contributed by atoms with van der Waals surface area (Å²) in [5, 5.41) is 3.45. The van der Waals surface area contributed by atoms with E-state index in [1.807, 2.05) is 13.8 Å². The molecule has 6 heteroatoms. The van der Waals surface area contributed by atoms with E-state index in [1.54, 1.807) is 11.0 Å². The maximum atomic E-state index is 12.2. The SMILES string of the molecule is C=CCN1C[C@@H](C(=O)Nc2nc(CC)c(C)s2)CC1=O. The van der Waals surface area contributed by atoms with Crippen molar-refractivity contribution in [3.05, 3.63) is 23.2 Å². The van der Waals surface area contributed by atoms with Crippen molar-refractivity contribution in [3.63, 3.8) is 0 Å². The molecule has 0 radical (unpaired) electrons. The van der Waals surface area contributed by atoms with E-state index >= 15 is 0 Å². The van der Waals surface area contributed by atoms with E-state index < -0.39 is 0 Å². The Morgan fingerprint density at radius 2 is 2.40 bits per heavy atom. The van der Waals surface area contributed by atoms with Crippen LogP contribution in [0, 0.1) is 12.8 Å². The van der Waals surface area contributed by atoms with E-state index in [0.29, 0.717) is 18.2 Å². The van der Waals surface area contributed by atoms with Gasteiger partial charge in [0.1, 0.15) is 0 Å². The van der Waals surface area contributed by atoms with Gasteiger partial charge in [0.25, 0.3) is 0 Å². The number of hydrogen-bond donors (Lipinski definition) is 1. The Hall–Kier alpha value is -1.69. The molecular formula is C14H19N3O2S. The molecule has 0 aromatic carbocycles. The van der Waals surface area contributed by atoms with E-state index in [2.05, 4.69) is 16.9 Å². The predicted molar refractivity (Wildman–Crippen MR) is 79.7 cm³/mol. The zero-order valence-electron chi connectivity index (χ0n) is 11.8. The van der Waals surface area contributed by atoms with Crippen molar-refractivity contribution in [3.8, 4) is 0 Å². The standard InChI is InChI=1S/C14H19N3O2S/c1-4-6-17-8-10(7-12(17)18)13(19)16-14-15-11(5-2)9(3)20-14/h4,10H,1,5-8H2,2-3H3,(H,15,16,19)/t10-/m0/s1. The fraction of sp³-hybridized carbons (Fsp3) is 0.500. The summed E-state index contributed by atoms with van der Waals surface area (Å²) in [6.45, 7) is 8.61. The fourth-order valence-corrected chi connectivity index (χ4v) is 3.20. The third-order valence-corrected chi connectivity index (χ3v) is 4.32. The molecule has 0 aliphatic carbocycles. The Balaban J connectivity index is 1.98. The van der Waals surface area contributed by atoms with Gasteiger partial charge >= 0.3 is 0 Å². The molecule has 1 aromatic heterocycles. The highest BCUT2D eigenvalue weighted by molar-refractivity contribution is 7.15. The van der Waals surface area contributed by atoms with Gasteiger partial charge in [-0.25, -0.2) is 4.98 Å². The van der Waals surface area contributed by atoms with Crippen LogP contribution < -0.4 is 5.32 Å². The lowest BCUT2D eigenvalue weighted by molar-refractivity contribution is -0.127. The lowest BCUT2D eigenvalue weighted by Crippen LogP contribution is -2.28. The maximum absolute atomic E-state index is 12.2. The Bertz CT molecular complexity index is 539. The van der Waals surface area contributed by atoms with Gasteiger partial charge in [0, 0.05) is 24.4 Å². The smallest absolute Gasteiger partial charge is 0.231 e. The monoisotopic (exact) mass is 293 g/mol. The van der Waals surface area contributed by atoms with Crippen LogP contribution in [0.25, 0.3) is 0 Å². The van der Waals surface area contributed by atoms with Gasteiger partial charge in [0.05, 0.1) is 11.6 Å². The van der Waals surface area contributed by atoms with Gasteiger partial charge < -0.3 is 10.2 Å². The summed E-state index contributed by atoms with van der Waals surface area (Å²) >= 11 is 1.48. The second-order valence-electron chi connectivity index (χ2n) is 4.85. The topological polar surface area (TPSA) is 62.3 Å². The van der Waals surface area contributed by atoms with Crippen molar-refractivity contribution in [1.82, 2.24) is 9.88 Å². The first kappa shape index (κ1) is 14.7. The molecule has 0 spiro atoms. The highest BCUT2D eigenvalue weighted by Gasteiger charge is 2.33. The van der Waals surface area contributed by atoms with Gasteiger partial charge in [-0.15, -0.1) is 17.9 Å². The van der Waals surface area contributed by atoms with Crippen LogP contribution in [0.4, 0.5) is 5.13 Å². The predicted octanol–water partition coefficient (Wildman–Crippen LogP) is 1.99. The lowest BCUT2D eigenvalue weighted by Gasteiger charge is -2.13. The Kier molecular flexibility index (Phi) is 4.54. The summed E-state index contributed by atoms with van der Waals surface area (Å²) in [6.07, 6.45) is 2.80. The van der Waals surface area contributed by atoms with Crippen LogP contribution in [-0.4, -0.2) is 34.8 Å². The summed E-state index contributed by atoms with van der Waals surface area (Å²) in [5.41, 5.74) is 1.01. The van der Waals surface area contributed by atoms with Gasteiger partial charge in [0.15, 0.2) is 5.13 Å². The third kappa shape index (κ3) is 3.07. The molecule has 1 fully saturated rings. The van der Waals surface area contributed by atoms with E-state index in [9.17, 15) is 9.59 Å². The highest BCUT2D eigenvalue weighted by Crippen LogP contribution is 2.24. The minimum absolute atomic E-state index is 0.00890. The number of aryl methyl sites for hydroxylation is 2. The minimum atomic E-state index is -0.295. The second-order valence-corrected chi connectivity index (χ2v) is 6.06. The third-order valence-electron chi connectivity index (χ3n) is 3.39. The molecule has 108 valence electrons. The number of nitrogens with one attached hydrogen (secondary N) is 1. The number of carbonyl (C=O) groups is 2. The number of amides is 2. The Labute approximate surface area is 122 Å². The molecular weight excluding hydrogens is 274 g/mol. The number of thiazole rings is 1. The normalized spacial score (nSPS) is 18.4. The van der Waals surface area contributed by atoms with Crippen LogP contribution in [0.1, 0.15) is 23.9 Å². The number of carbonyl (C=O) groups excluding carboxylic acids is 2. The van der Waals surface area contributed by atoms with Gasteiger partial charge in [-0.1, -0.05) is 13.0 Å². The molecule has 0 bridgehead atoms. The molecule has 0 unspecified atom stereocenters. The summed E-state index contributed by atoms with van der Waals surface area (Å²) in [7, 11) is 0. The zero-order valence-corrected chi connectivity index (χ0v) is 12.6. The van der Waals surface area contributed by atoms with Crippen molar-refractivity contribution in [2.75, 3.05) is 18.4 Å². The molecule has 1 aliphatic heterocycles. The first-order chi connectivity index (χ1) is 9.55. The van der Waals surface area contributed by atoms with Crippen molar-refractivity contribution < 1.29 is 9.59 Å². The molecule has 2 amide bonds. The van der Waals surface area contributed by atoms with Crippen LogP contribution in [0.5, 0.6) is 0 Å². The summed E-state index contributed by atoms with van der Waals surface area (Å²) < 4.78 is 0. The van der Waals surface area contributed by atoms with Crippen molar-refractivity contribution >= 4 is 28.3 Å². The van der Waals surface area contributed by atoms with E-state index in [1.165, 1.54) is 11.3 Å². The number of aromatic nitrogens is 1. The Morgan fingerprint density at radius 3 is 3.00 bits per heavy atom. The molecule has 2 heterocycles. The molecule has 1 aliphatic rings. The molecule has 1 aromatic rings. The van der Waals surface area contributed by atoms with Crippen molar-refractivity contribution in [1.29, 1.82) is 0 Å². The van der Waals surface area contributed by atoms with Gasteiger partial charge in [0.2, 0.25) is 11.8 Å². The maximum Gasteiger partial charge on any atom is 0.231 e. The molecule has 5 nitrogen and oxygen atoms in total. The molecule has 2 rings (SSSR count). The van der Waals surface area contributed by atoms with Crippen molar-refractivity contribution in [2.45, 2.75) is 26.7 Å². The van der Waals surface area contributed by atoms with Gasteiger partial charge in [-0.2, -0.15) is 0 Å². The number of nitrogens with zero attached hydrogens (tertiary/aromatic N) is 2. The van der Waals surface area contributed by atoms with Crippen LogP contribution in [-0.2, 0) is 16.0 Å². The average Bonchev–Trinajstić information content (AvgIpc) is 2.94. The molecule has 1 atom stereocenters. The van der Waals surface area contributed by atoms with Crippen LogP contribution in [0.2, 0.25) is 0 Å². The second kappa shape index (κ2) is 6.17. The lowest BCUT2D eigenvalue weighted by atomic mass is 10.1. The van der Waals surface area contributed by atoms with E-state index in [0.717, 1.165) is 17.0 Å². The average molecular weight is 293 g/mol. The van der Waals surface area contributed by atoms with Crippen molar-refractivity contribution in [2.24, 2.45) is 5.92 Å². The number of rotatable bonds is 5. The quantitative estimate of drug-likeness (QED) is 0.844. The first-order valence-electron chi connectivity index (χ1n) is 6.71. The Morgan fingerprint density at radius 1 is 1.65 bits per heavy atom. The minimum Gasteiger partial charge on any atom is -0.338 e. The molecule has 1 N–H and O–H groups in total. The number of hydrogen-bond acceptors (Lipinski definition) is 4. The van der Waals surface area contributed by atoms with Crippen LogP contribution in [0.15, 0.2) is 12.7 Å². The van der Waals surface area contributed by atoms with Crippen LogP contribution >= 0.6 is 11.3 Å². The molecule has 1 saturated heterocycles. The molecule has 20 heavy (non-hydrogen) atoms. The zero-order chi connectivity index (χ0) is 14.7. The summed E-state index contributed by atoms with van der Waals surface area (Å²) in [6, 6.07) is 0. The summed E-state index contributed by atoms with van der Waals surface area (Å²) in [4.78, 5) is 31.1. The van der Waals surface area contributed by atoms with E-state index in [4.69, 9.17) is 0 Å². The largest absolute Gasteiger partial charge is 0.338 e.